The van der Waals surface area contributed by atoms with Crippen molar-refractivity contribution < 1.29 is 4.74 Å². The fourth-order valence-corrected chi connectivity index (χ4v) is 1.44. The van der Waals surface area contributed by atoms with Crippen LogP contribution in [-0.4, -0.2) is 19.8 Å². The summed E-state index contributed by atoms with van der Waals surface area (Å²) < 4.78 is 5.53. The molecule has 1 rings (SSSR count). The van der Waals surface area contributed by atoms with Crippen LogP contribution in [0.3, 0.4) is 0 Å². The Kier molecular flexibility index (Phi) is 5.94. The molecule has 0 aliphatic carbocycles. The molecule has 2 heteroatoms. The number of hydrogen-bond donors (Lipinski definition) is 1. The molecule has 2 nitrogen and oxygen atoms in total. The molecule has 0 fully saturated rings. The van der Waals surface area contributed by atoms with Crippen molar-refractivity contribution in [3.05, 3.63) is 29.8 Å². The van der Waals surface area contributed by atoms with Crippen LogP contribution >= 0.6 is 0 Å². The second-order valence-electron chi connectivity index (χ2n) is 4.59. The van der Waals surface area contributed by atoms with E-state index in [2.05, 4.69) is 50.4 Å². The smallest absolute Gasteiger partial charge is 0.0639 e. The lowest BCUT2D eigenvalue weighted by atomic mass is 10.1. The Hall–Kier alpha value is -1.02. The molecule has 1 N–H and O–H groups in total. The third-order valence-electron chi connectivity index (χ3n) is 2.43. The maximum absolute atomic E-state index is 5.53. The van der Waals surface area contributed by atoms with Crippen LogP contribution in [0.1, 0.15) is 25.8 Å². The first kappa shape index (κ1) is 13.0. The lowest BCUT2D eigenvalue weighted by Gasteiger charge is -2.09. The van der Waals surface area contributed by atoms with Gasteiger partial charge in [-0.05, 0) is 37.0 Å². The van der Waals surface area contributed by atoms with E-state index in [-0.39, 0.29) is 0 Å². The summed E-state index contributed by atoms with van der Waals surface area (Å²) in [4.78, 5) is 0. The van der Waals surface area contributed by atoms with E-state index in [1.807, 2.05) is 0 Å². The molecule has 0 bridgehead atoms. The topological polar surface area (TPSA) is 21.3 Å². The summed E-state index contributed by atoms with van der Waals surface area (Å²) in [5.74, 6) is 0.727. The van der Waals surface area contributed by atoms with Gasteiger partial charge in [-0.1, -0.05) is 26.0 Å². The summed E-state index contributed by atoms with van der Waals surface area (Å²) in [7, 11) is 0. The minimum Gasteiger partial charge on any atom is -0.383 e. The monoisotopic (exact) mass is 221 g/mol. The first-order valence-electron chi connectivity index (χ1n) is 6.07. The number of rotatable bonds is 7. The van der Waals surface area contributed by atoms with Crippen molar-refractivity contribution in [1.82, 2.24) is 0 Å². The molecule has 16 heavy (non-hydrogen) atoms. The minimum absolute atomic E-state index is 0.727. The fraction of sp³-hybridized carbons (Fsp3) is 0.571. The van der Waals surface area contributed by atoms with E-state index >= 15 is 0 Å². The zero-order valence-corrected chi connectivity index (χ0v) is 10.6. The summed E-state index contributed by atoms with van der Waals surface area (Å²) in [6.45, 7) is 9.06. The summed E-state index contributed by atoms with van der Waals surface area (Å²) in [6, 6.07) is 8.40. The van der Waals surface area contributed by atoms with Crippen LogP contribution in [0.2, 0.25) is 0 Å². The van der Waals surface area contributed by atoms with Crippen LogP contribution in [-0.2, 0) is 4.74 Å². The van der Waals surface area contributed by atoms with Gasteiger partial charge in [0.15, 0.2) is 0 Å². The molecule has 1 aromatic carbocycles. The van der Waals surface area contributed by atoms with Gasteiger partial charge in [0.25, 0.3) is 0 Å². The van der Waals surface area contributed by atoms with Crippen molar-refractivity contribution in [2.75, 3.05) is 25.1 Å². The molecular formula is C14H23NO. The lowest BCUT2D eigenvalue weighted by Crippen LogP contribution is -2.10. The standard InChI is InChI=1S/C14H23NO/c1-12(2)7-9-16-10-8-15-14-6-4-5-13(3)11-14/h4-6,11-12,15H,7-10H2,1-3H3. The largest absolute Gasteiger partial charge is 0.383 e. The van der Waals surface area contributed by atoms with Crippen molar-refractivity contribution in [3.8, 4) is 0 Å². The minimum atomic E-state index is 0.727. The molecule has 0 radical (unpaired) electrons. The van der Waals surface area contributed by atoms with Crippen molar-refractivity contribution in [2.24, 2.45) is 5.92 Å². The van der Waals surface area contributed by atoms with E-state index in [4.69, 9.17) is 4.74 Å². The zero-order chi connectivity index (χ0) is 11.8. The van der Waals surface area contributed by atoms with Crippen LogP contribution in [0.25, 0.3) is 0 Å². The Bertz CT molecular complexity index is 297. The van der Waals surface area contributed by atoms with Crippen LogP contribution in [0.15, 0.2) is 24.3 Å². The van der Waals surface area contributed by atoms with E-state index in [9.17, 15) is 0 Å². The van der Waals surface area contributed by atoms with E-state index in [1.54, 1.807) is 0 Å². The molecule has 0 unspecified atom stereocenters. The predicted octanol–water partition coefficient (Wildman–Crippen LogP) is 3.47. The first-order chi connectivity index (χ1) is 7.68. The number of hydrogen-bond acceptors (Lipinski definition) is 2. The number of benzene rings is 1. The van der Waals surface area contributed by atoms with Crippen molar-refractivity contribution >= 4 is 5.69 Å². The third-order valence-corrected chi connectivity index (χ3v) is 2.43. The maximum atomic E-state index is 5.53. The molecular weight excluding hydrogens is 198 g/mol. The molecule has 0 aliphatic rings. The van der Waals surface area contributed by atoms with E-state index in [0.717, 1.165) is 32.1 Å². The van der Waals surface area contributed by atoms with Gasteiger partial charge in [0.1, 0.15) is 0 Å². The van der Waals surface area contributed by atoms with Gasteiger partial charge < -0.3 is 10.1 Å². The Labute approximate surface area is 99.0 Å². The summed E-state index contributed by atoms with van der Waals surface area (Å²) in [5, 5.41) is 3.35. The molecule has 0 heterocycles. The van der Waals surface area contributed by atoms with Crippen molar-refractivity contribution in [2.45, 2.75) is 27.2 Å². The predicted molar refractivity (Wildman–Crippen MR) is 69.9 cm³/mol. The lowest BCUT2D eigenvalue weighted by molar-refractivity contribution is 0.132. The van der Waals surface area contributed by atoms with Crippen LogP contribution in [0, 0.1) is 12.8 Å². The Balaban J connectivity index is 2.07. The first-order valence-corrected chi connectivity index (χ1v) is 6.07. The zero-order valence-electron chi connectivity index (χ0n) is 10.6. The van der Waals surface area contributed by atoms with E-state index in [0.29, 0.717) is 0 Å². The fourth-order valence-electron chi connectivity index (χ4n) is 1.44. The third kappa shape index (κ3) is 5.76. The van der Waals surface area contributed by atoms with Gasteiger partial charge >= 0.3 is 0 Å². The average molecular weight is 221 g/mol. The quantitative estimate of drug-likeness (QED) is 0.712. The van der Waals surface area contributed by atoms with E-state index < -0.39 is 0 Å². The van der Waals surface area contributed by atoms with Crippen molar-refractivity contribution in [3.63, 3.8) is 0 Å². The Morgan fingerprint density at radius 3 is 2.75 bits per heavy atom. The summed E-state index contributed by atoms with van der Waals surface area (Å²) in [6.07, 6.45) is 1.14. The second kappa shape index (κ2) is 7.29. The molecule has 0 aliphatic heterocycles. The molecule has 0 atom stereocenters. The Morgan fingerprint density at radius 2 is 2.06 bits per heavy atom. The van der Waals surface area contributed by atoms with Crippen LogP contribution < -0.4 is 5.32 Å². The van der Waals surface area contributed by atoms with Gasteiger partial charge in [0.05, 0.1) is 6.61 Å². The summed E-state index contributed by atoms with van der Waals surface area (Å²) >= 11 is 0. The second-order valence-corrected chi connectivity index (χ2v) is 4.59. The van der Waals surface area contributed by atoms with Gasteiger partial charge in [0, 0.05) is 18.8 Å². The van der Waals surface area contributed by atoms with Gasteiger partial charge in [-0.25, -0.2) is 0 Å². The number of aryl methyl sites for hydroxylation is 1. The number of ether oxygens (including phenoxy) is 1. The highest BCUT2D eigenvalue weighted by Gasteiger charge is 1.94. The molecule has 0 saturated carbocycles. The number of nitrogens with one attached hydrogen (secondary N) is 1. The van der Waals surface area contributed by atoms with Gasteiger partial charge in [-0.2, -0.15) is 0 Å². The molecule has 90 valence electrons. The van der Waals surface area contributed by atoms with Crippen molar-refractivity contribution in [1.29, 1.82) is 0 Å². The highest BCUT2D eigenvalue weighted by Crippen LogP contribution is 2.08. The maximum Gasteiger partial charge on any atom is 0.0639 e. The van der Waals surface area contributed by atoms with Gasteiger partial charge in [-0.15, -0.1) is 0 Å². The average Bonchev–Trinajstić information content (AvgIpc) is 2.23. The SMILES string of the molecule is Cc1cccc(NCCOCCC(C)C)c1. The normalized spacial score (nSPS) is 10.8. The number of anilines is 1. The Morgan fingerprint density at radius 1 is 1.25 bits per heavy atom. The highest BCUT2D eigenvalue weighted by atomic mass is 16.5. The summed E-state index contributed by atoms with van der Waals surface area (Å²) in [5.41, 5.74) is 2.46. The van der Waals surface area contributed by atoms with Gasteiger partial charge in [-0.3, -0.25) is 0 Å². The molecule has 1 aromatic rings. The van der Waals surface area contributed by atoms with Crippen LogP contribution in [0.4, 0.5) is 5.69 Å². The molecule has 0 saturated heterocycles. The highest BCUT2D eigenvalue weighted by molar-refractivity contribution is 5.45. The molecule has 0 amide bonds. The van der Waals surface area contributed by atoms with Crippen LogP contribution in [0.5, 0.6) is 0 Å². The molecule has 0 aromatic heterocycles. The van der Waals surface area contributed by atoms with Gasteiger partial charge in [0.2, 0.25) is 0 Å². The molecule has 0 spiro atoms. The van der Waals surface area contributed by atoms with E-state index in [1.165, 1.54) is 11.3 Å².